The maximum absolute atomic E-state index is 12.4. The van der Waals surface area contributed by atoms with Crippen LogP contribution in [0.4, 0.5) is 5.69 Å². The molecule has 98 valence electrons. The summed E-state index contributed by atoms with van der Waals surface area (Å²) in [5.41, 5.74) is 7.79. The van der Waals surface area contributed by atoms with E-state index in [1.54, 1.807) is 0 Å². The minimum Gasteiger partial charge on any atom is -0.330 e. The highest BCUT2D eigenvalue weighted by molar-refractivity contribution is 5.95. The molecule has 1 aliphatic carbocycles. The highest BCUT2D eigenvalue weighted by atomic mass is 16.2. The predicted molar refractivity (Wildman–Crippen MR) is 74.5 cm³/mol. The molecule has 3 nitrogen and oxygen atoms in total. The van der Waals surface area contributed by atoms with Gasteiger partial charge in [0.2, 0.25) is 5.91 Å². The van der Waals surface area contributed by atoms with E-state index < -0.39 is 0 Å². The molecule has 0 saturated heterocycles. The average molecular weight is 246 g/mol. The van der Waals surface area contributed by atoms with Crippen molar-refractivity contribution >= 4 is 11.6 Å². The number of nitrogens with zero attached hydrogens (tertiary/aromatic N) is 1. The fourth-order valence-electron chi connectivity index (χ4n) is 2.22. The van der Waals surface area contributed by atoms with Gasteiger partial charge in [0.25, 0.3) is 0 Å². The minimum absolute atomic E-state index is 0.240. The summed E-state index contributed by atoms with van der Waals surface area (Å²) >= 11 is 0. The van der Waals surface area contributed by atoms with Crippen LogP contribution in [-0.2, 0) is 4.79 Å². The Kier molecular flexibility index (Phi) is 4.37. The Hall–Kier alpha value is -1.35. The normalized spacial score (nSPS) is 15.2. The van der Waals surface area contributed by atoms with Gasteiger partial charge < -0.3 is 10.6 Å². The van der Waals surface area contributed by atoms with E-state index in [1.807, 2.05) is 17.0 Å². The highest BCUT2D eigenvalue weighted by Crippen LogP contribution is 2.30. The molecule has 1 aromatic carbocycles. The summed E-state index contributed by atoms with van der Waals surface area (Å²) in [5.74, 6) is 0.516. The smallest absolute Gasteiger partial charge is 0.230 e. The summed E-state index contributed by atoms with van der Waals surface area (Å²) in [6, 6.07) is 8.17. The fraction of sp³-hybridized carbons (Fsp3) is 0.533. The fourth-order valence-corrected chi connectivity index (χ4v) is 2.22. The number of anilines is 1. The first-order valence-electron chi connectivity index (χ1n) is 6.80. The second-order valence-electron chi connectivity index (χ2n) is 5.10. The number of carbonyl (C=O) groups excluding carboxylic acids is 1. The minimum atomic E-state index is 0.240. The third kappa shape index (κ3) is 2.91. The van der Waals surface area contributed by atoms with E-state index in [0.717, 1.165) is 31.5 Å². The van der Waals surface area contributed by atoms with Crippen LogP contribution in [0.1, 0.15) is 31.2 Å². The lowest BCUT2D eigenvalue weighted by molar-refractivity contribution is -0.124. The first-order chi connectivity index (χ1) is 8.72. The molecule has 1 saturated carbocycles. The number of hydrogen-bond acceptors (Lipinski definition) is 2. The molecule has 0 spiro atoms. The van der Waals surface area contributed by atoms with Gasteiger partial charge in [-0.3, -0.25) is 4.79 Å². The van der Waals surface area contributed by atoms with Crippen molar-refractivity contribution in [3.8, 4) is 0 Å². The molecule has 0 bridgehead atoms. The Morgan fingerprint density at radius 3 is 2.50 bits per heavy atom. The second kappa shape index (κ2) is 6.01. The molecule has 0 heterocycles. The summed E-state index contributed by atoms with van der Waals surface area (Å²) < 4.78 is 0. The van der Waals surface area contributed by atoms with Crippen LogP contribution in [0.25, 0.3) is 0 Å². The summed E-state index contributed by atoms with van der Waals surface area (Å²) in [6.07, 6.45) is 4.13. The van der Waals surface area contributed by atoms with Gasteiger partial charge in [0, 0.05) is 18.2 Å². The molecule has 0 unspecified atom stereocenters. The van der Waals surface area contributed by atoms with Crippen LogP contribution in [0.15, 0.2) is 24.3 Å². The van der Waals surface area contributed by atoms with Crippen LogP contribution in [-0.4, -0.2) is 19.0 Å². The number of hydrogen-bond donors (Lipinski definition) is 1. The van der Waals surface area contributed by atoms with Gasteiger partial charge in [0.05, 0.1) is 0 Å². The molecule has 0 aliphatic heterocycles. The van der Waals surface area contributed by atoms with Gasteiger partial charge in [0.1, 0.15) is 0 Å². The number of carbonyl (C=O) groups is 1. The van der Waals surface area contributed by atoms with Crippen molar-refractivity contribution in [3.63, 3.8) is 0 Å². The predicted octanol–water partition coefficient (Wildman–Crippen LogP) is 2.48. The van der Waals surface area contributed by atoms with E-state index in [2.05, 4.69) is 19.1 Å². The van der Waals surface area contributed by atoms with Gasteiger partial charge in [0.15, 0.2) is 0 Å². The van der Waals surface area contributed by atoms with Crippen LogP contribution < -0.4 is 10.6 Å². The summed E-state index contributed by atoms with van der Waals surface area (Å²) in [6.45, 7) is 3.41. The van der Waals surface area contributed by atoms with Crippen molar-refractivity contribution in [1.29, 1.82) is 0 Å². The van der Waals surface area contributed by atoms with Gasteiger partial charge in [-0.2, -0.15) is 0 Å². The van der Waals surface area contributed by atoms with Gasteiger partial charge >= 0.3 is 0 Å². The number of benzene rings is 1. The quantitative estimate of drug-likeness (QED) is 0.867. The number of aryl methyl sites for hydroxylation is 1. The van der Waals surface area contributed by atoms with Crippen molar-refractivity contribution in [2.24, 2.45) is 11.7 Å². The van der Waals surface area contributed by atoms with Crippen molar-refractivity contribution in [1.82, 2.24) is 0 Å². The topological polar surface area (TPSA) is 46.3 Å². The Morgan fingerprint density at radius 2 is 2.00 bits per heavy atom. The third-order valence-corrected chi connectivity index (χ3v) is 3.65. The number of amides is 1. The molecule has 0 radical (unpaired) electrons. The summed E-state index contributed by atoms with van der Waals surface area (Å²) in [5, 5.41) is 0. The van der Waals surface area contributed by atoms with Crippen molar-refractivity contribution < 1.29 is 4.79 Å². The summed E-state index contributed by atoms with van der Waals surface area (Å²) in [7, 11) is 0. The van der Waals surface area contributed by atoms with Gasteiger partial charge in [-0.05, 0) is 44.9 Å². The third-order valence-electron chi connectivity index (χ3n) is 3.65. The van der Waals surface area contributed by atoms with E-state index in [9.17, 15) is 4.79 Å². The molecule has 1 amide bonds. The van der Waals surface area contributed by atoms with E-state index in [1.165, 1.54) is 12.0 Å². The molecular weight excluding hydrogens is 224 g/mol. The zero-order valence-corrected chi connectivity index (χ0v) is 11.1. The van der Waals surface area contributed by atoms with Gasteiger partial charge in [-0.25, -0.2) is 0 Å². The Bertz CT molecular complexity index is 395. The van der Waals surface area contributed by atoms with Gasteiger partial charge in [-0.15, -0.1) is 0 Å². The van der Waals surface area contributed by atoms with Crippen molar-refractivity contribution in [2.75, 3.05) is 18.0 Å². The Balaban J connectivity index is 2.12. The van der Waals surface area contributed by atoms with Crippen LogP contribution in [0, 0.1) is 12.8 Å². The SMILES string of the molecule is Cc1ccc(N(CCCN)C(=O)C2CCC2)cc1. The summed E-state index contributed by atoms with van der Waals surface area (Å²) in [4.78, 5) is 14.3. The molecule has 2 N–H and O–H groups in total. The largest absolute Gasteiger partial charge is 0.330 e. The standard InChI is InChI=1S/C15H22N2O/c1-12-6-8-14(9-7-12)17(11-3-10-16)15(18)13-4-2-5-13/h6-9,13H,2-5,10-11,16H2,1H3. The molecule has 1 aromatic rings. The van der Waals surface area contributed by atoms with Crippen molar-refractivity contribution in [2.45, 2.75) is 32.6 Å². The lowest BCUT2D eigenvalue weighted by atomic mass is 9.84. The molecule has 2 rings (SSSR count). The van der Waals surface area contributed by atoms with Crippen LogP contribution in [0.2, 0.25) is 0 Å². The maximum atomic E-state index is 12.4. The highest BCUT2D eigenvalue weighted by Gasteiger charge is 2.29. The van der Waals surface area contributed by atoms with Crippen LogP contribution >= 0.6 is 0 Å². The Morgan fingerprint density at radius 1 is 1.33 bits per heavy atom. The van der Waals surface area contributed by atoms with Crippen LogP contribution in [0.5, 0.6) is 0 Å². The molecule has 1 fully saturated rings. The monoisotopic (exact) mass is 246 g/mol. The van der Waals surface area contributed by atoms with E-state index in [0.29, 0.717) is 6.54 Å². The lowest BCUT2D eigenvalue weighted by Crippen LogP contribution is -2.40. The average Bonchev–Trinajstić information content (AvgIpc) is 2.29. The molecule has 18 heavy (non-hydrogen) atoms. The van der Waals surface area contributed by atoms with E-state index in [-0.39, 0.29) is 11.8 Å². The molecular formula is C15H22N2O. The second-order valence-corrected chi connectivity index (χ2v) is 5.10. The first-order valence-corrected chi connectivity index (χ1v) is 6.80. The molecule has 0 atom stereocenters. The molecule has 3 heteroatoms. The van der Waals surface area contributed by atoms with E-state index >= 15 is 0 Å². The number of rotatable bonds is 5. The van der Waals surface area contributed by atoms with Crippen LogP contribution in [0.3, 0.4) is 0 Å². The first kappa shape index (κ1) is 13.1. The van der Waals surface area contributed by atoms with Gasteiger partial charge in [-0.1, -0.05) is 24.1 Å². The lowest BCUT2D eigenvalue weighted by Gasteiger charge is -2.31. The maximum Gasteiger partial charge on any atom is 0.230 e. The zero-order chi connectivity index (χ0) is 13.0. The zero-order valence-electron chi connectivity index (χ0n) is 11.1. The number of nitrogens with two attached hydrogens (primary N) is 1. The Labute approximate surface area is 109 Å². The molecule has 0 aromatic heterocycles. The molecule has 1 aliphatic rings. The van der Waals surface area contributed by atoms with Crippen molar-refractivity contribution in [3.05, 3.63) is 29.8 Å². The van der Waals surface area contributed by atoms with E-state index in [4.69, 9.17) is 5.73 Å².